The maximum atomic E-state index is 6.57. The molecule has 14 rings (SSSR count). The van der Waals surface area contributed by atoms with Gasteiger partial charge in [0, 0.05) is 80.4 Å². The molecular formula is C98H119N7O. The molecule has 0 fully saturated rings. The molecule has 13 aromatic rings. The Morgan fingerprint density at radius 2 is 0.689 bits per heavy atom. The lowest BCUT2D eigenvalue weighted by Crippen LogP contribution is -2.19. The van der Waals surface area contributed by atoms with E-state index in [0.29, 0.717) is 0 Å². The number of benzene rings is 7. The summed E-state index contributed by atoms with van der Waals surface area (Å²) in [5.74, 6) is 1.89. The molecule has 6 aromatic heterocycles. The zero-order valence-corrected chi connectivity index (χ0v) is 71.9. The molecule has 0 saturated heterocycles. The van der Waals surface area contributed by atoms with Gasteiger partial charge in [-0.3, -0.25) is 15.0 Å². The van der Waals surface area contributed by atoms with Crippen molar-refractivity contribution in [3.05, 3.63) is 231 Å². The Labute approximate surface area is 635 Å². The molecule has 1 aliphatic carbocycles. The zero-order chi connectivity index (χ0) is 78.6. The van der Waals surface area contributed by atoms with Gasteiger partial charge in [-0.25, -0.2) is 0 Å². The standard InChI is InChI=1S/C30H37N.C28H34N2.C26H29NO.C14H19N3/c1-14-13-24(29-21(8)17(4)18(5)23(10)31-29)22(9)28-25(14)26-19(6)15(2)16(3)20(7)27(26)30(28,11)12;1-13-12-23(26-19(7)16(4)17(5)22(10)29-26)21(9)25-24-18(6)14(2)15(3)20(8)28(24)30(11)27(13)25;1-12-10-21-23-17(6)13(2)14(3)19(8)25(23)28-26(21)22(11-12)24-18(7)15(4)16(5)20(9)27-24;1-8-7-13(11(4)10(3)9(8)2)14-16-15-12(5)17(14)6/h13H,1-12H3;12H,1-11H3;10-11H,1-9H3;7H,1-6H3. The quantitative estimate of drug-likeness (QED) is 0.174. The number of pyridine rings is 3. The maximum Gasteiger partial charge on any atom is 0.163 e. The van der Waals surface area contributed by atoms with Gasteiger partial charge in [0.05, 0.1) is 28.1 Å². The third-order valence-electron chi connectivity index (χ3n) is 27.1. The van der Waals surface area contributed by atoms with E-state index in [1.54, 1.807) is 0 Å². The van der Waals surface area contributed by atoms with Gasteiger partial charge in [0.2, 0.25) is 0 Å². The van der Waals surface area contributed by atoms with Crippen molar-refractivity contribution < 1.29 is 4.42 Å². The Morgan fingerprint density at radius 3 is 1.20 bits per heavy atom. The summed E-state index contributed by atoms with van der Waals surface area (Å²) in [5.41, 5.74) is 62.4. The predicted octanol–water partition coefficient (Wildman–Crippen LogP) is 26.1. The number of hydrogen-bond acceptors (Lipinski definition) is 6. The van der Waals surface area contributed by atoms with Crippen LogP contribution in [0.3, 0.4) is 0 Å². The second-order valence-electron chi connectivity index (χ2n) is 32.9. The first-order chi connectivity index (χ1) is 49.4. The van der Waals surface area contributed by atoms with E-state index in [2.05, 4.69) is 294 Å². The van der Waals surface area contributed by atoms with E-state index in [9.17, 15) is 0 Å². The lowest BCUT2D eigenvalue weighted by Gasteiger charge is -2.28. The van der Waals surface area contributed by atoms with Gasteiger partial charge >= 0.3 is 0 Å². The Hall–Kier alpha value is -9.27. The highest BCUT2D eigenvalue weighted by molar-refractivity contribution is 6.16. The van der Waals surface area contributed by atoms with Crippen molar-refractivity contribution in [1.82, 2.24) is 34.3 Å². The van der Waals surface area contributed by atoms with Crippen LogP contribution < -0.4 is 0 Å². The van der Waals surface area contributed by atoms with Crippen molar-refractivity contribution >= 4 is 43.7 Å². The second kappa shape index (κ2) is 27.8. The lowest BCUT2D eigenvalue weighted by atomic mass is 9.76. The number of nitrogens with zero attached hydrogens (tertiary/aromatic N) is 7. The highest BCUT2D eigenvalue weighted by Crippen LogP contribution is 2.57. The molecule has 0 N–H and O–H groups in total. The largest absolute Gasteiger partial charge is 0.455 e. The van der Waals surface area contributed by atoms with Gasteiger partial charge in [0.25, 0.3) is 0 Å². The second-order valence-corrected chi connectivity index (χ2v) is 32.9. The third kappa shape index (κ3) is 12.0. The van der Waals surface area contributed by atoms with Crippen LogP contribution in [0.1, 0.15) is 215 Å². The van der Waals surface area contributed by atoms with E-state index in [4.69, 9.17) is 19.4 Å². The smallest absolute Gasteiger partial charge is 0.163 e. The van der Waals surface area contributed by atoms with Crippen LogP contribution in [0.4, 0.5) is 0 Å². The zero-order valence-electron chi connectivity index (χ0n) is 71.9. The Morgan fingerprint density at radius 1 is 0.283 bits per heavy atom. The molecule has 8 heteroatoms. The van der Waals surface area contributed by atoms with E-state index in [-0.39, 0.29) is 5.41 Å². The molecule has 8 nitrogen and oxygen atoms in total. The molecule has 0 unspecified atom stereocenters. The predicted molar refractivity (Wildman–Crippen MR) is 455 cm³/mol. The fraction of sp³-hybridized carbons (Fsp3) is 0.398. The first-order valence-electron chi connectivity index (χ1n) is 38.3. The summed E-state index contributed by atoms with van der Waals surface area (Å²) < 4.78 is 11.0. The minimum absolute atomic E-state index is 0.0223. The summed E-state index contributed by atoms with van der Waals surface area (Å²) in [6.45, 7) is 80.0. The van der Waals surface area contributed by atoms with Crippen LogP contribution in [0.5, 0.6) is 0 Å². The first-order valence-corrected chi connectivity index (χ1v) is 38.3. The van der Waals surface area contributed by atoms with Crippen molar-refractivity contribution in [3.8, 4) is 56.3 Å². The highest BCUT2D eigenvalue weighted by atomic mass is 16.3. The third-order valence-corrected chi connectivity index (χ3v) is 27.1. The van der Waals surface area contributed by atoms with Gasteiger partial charge in [-0.2, -0.15) is 0 Å². The summed E-state index contributed by atoms with van der Waals surface area (Å²) in [6, 6.07) is 11.4. The number of fused-ring (bicyclic) bond motifs is 9. The summed E-state index contributed by atoms with van der Waals surface area (Å²) in [6.07, 6.45) is 0. The highest BCUT2D eigenvalue weighted by Gasteiger charge is 2.42. The molecule has 106 heavy (non-hydrogen) atoms. The van der Waals surface area contributed by atoms with Gasteiger partial charge in [0.1, 0.15) is 17.0 Å². The van der Waals surface area contributed by atoms with Crippen molar-refractivity contribution in [2.24, 2.45) is 14.1 Å². The first kappa shape index (κ1) is 77.8. The van der Waals surface area contributed by atoms with Gasteiger partial charge in [-0.05, 0) is 455 Å². The number of rotatable bonds is 4. The van der Waals surface area contributed by atoms with Crippen molar-refractivity contribution in [2.45, 2.75) is 255 Å². The maximum absolute atomic E-state index is 6.57. The Balaban J connectivity index is 0.000000144. The lowest BCUT2D eigenvalue weighted by molar-refractivity contribution is 0.649. The van der Waals surface area contributed by atoms with Gasteiger partial charge in [-0.15, -0.1) is 10.2 Å². The van der Waals surface area contributed by atoms with Crippen LogP contribution >= 0.6 is 0 Å². The Bertz CT molecular complexity index is 5960. The van der Waals surface area contributed by atoms with Crippen LogP contribution in [0.2, 0.25) is 0 Å². The molecule has 0 radical (unpaired) electrons. The van der Waals surface area contributed by atoms with Crippen LogP contribution in [-0.4, -0.2) is 34.3 Å². The fourth-order valence-corrected chi connectivity index (χ4v) is 18.0. The summed E-state index contributed by atoms with van der Waals surface area (Å²) in [7, 11) is 4.23. The summed E-state index contributed by atoms with van der Waals surface area (Å²) >= 11 is 0. The molecule has 0 amide bonds. The van der Waals surface area contributed by atoms with E-state index >= 15 is 0 Å². The number of hydrogen-bond donors (Lipinski definition) is 0. The fourth-order valence-electron chi connectivity index (χ4n) is 18.0. The number of furan rings is 1. The summed E-state index contributed by atoms with van der Waals surface area (Å²) in [5, 5.41) is 13.7. The number of aryl methyl sites for hydroxylation is 14. The molecule has 0 saturated carbocycles. The van der Waals surface area contributed by atoms with Gasteiger partial charge in [0.15, 0.2) is 5.82 Å². The molecule has 7 aromatic carbocycles. The number of aromatic nitrogens is 7. The van der Waals surface area contributed by atoms with E-state index in [0.717, 1.165) is 62.5 Å². The minimum Gasteiger partial charge on any atom is -0.455 e. The molecular weight excluding hydrogens is 1290 g/mol. The topological polar surface area (TPSA) is 87.4 Å². The average Bonchev–Trinajstić information content (AvgIpc) is 1.54. The summed E-state index contributed by atoms with van der Waals surface area (Å²) in [4.78, 5) is 15.1. The van der Waals surface area contributed by atoms with Crippen molar-refractivity contribution in [2.75, 3.05) is 0 Å². The average molecular weight is 1410 g/mol. The molecule has 0 spiro atoms. The SMILES string of the molecule is Cc1cc(-c2nc(C)c(C)c(C)c2C)c(C)c2c1-c1c(C)c(C)c(C)c(C)c1C2(C)C.Cc1cc(-c2nc(C)c(C)c(C)c2C)c2oc3c(C)c(C)c(C)c(C)c3c2c1.Cc1cc(-c2nnc(C)n2C)c(C)c(C)c1C.Cc1nc(-c2cc(C)c3c(c2C)c2c(C)c(C)c(C)c(C)c2n3C)c(C)c(C)c1C. The molecule has 0 bridgehead atoms. The molecule has 1 aliphatic rings. The van der Waals surface area contributed by atoms with E-state index in [1.807, 2.05) is 18.5 Å². The van der Waals surface area contributed by atoms with Crippen LogP contribution in [-0.2, 0) is 19.5 Å². The minimum atomic E-state index is -0.0223. The molecule has 0 aliphatic heterocycles. The van der Waals surface area contributed by atoms with E-state index in [1.165, 1.54) is 238 Å². The van der Waals surface area contributed by atoms with Crippen LogP contribution in [0.15, 0.2) is 34.7 Å². The monoisotopic (exact) mass is 1410 g/mol. The molecule has 6 heterocycles. The van der Waals surface area contributed by atoms with E-state index < -0.39 is 0 Å². The van der Waals surface area contributed by atoms with Crippen LogP contribution in [0.25, 0.3) is 100 Å². The normalized spacial score (nSPS) is 12.3. The Kier molecular flexibility index (Phi) is 20.4. The molecule has 0 atom stereocenters. The van der Waals surface area contributed by atoms with Crippen molar-refractivity contribution in [1.29, 1.82) is 0 Å². The molecule has 552 valence electrons. The van der Waals surface area contributed by atoms with Gasteiger partial charge < -0.3 is 13.6 Å². The van der Waals surface area contributed by atoms with Crippen LogP contribution in [0, 0.1) is 235 Å². The van der Waals surface area contributed by atoms with Crippen molar-refractivity contribution in [3.63, 3.8) is 0 Å². The van der Waals surface area contributed by atoms with Gasteiger partial charge in [-0.1, -0.05) is 13.8 Å².